The first-order valence-electron chi connectivity index (χ1n) is 8.05. The average Bonchev–Trinajstić information content (AvgIpc) is 3.17. The molecule has 0 radical (unpaired) electrons. The van der Waals surface area contributed by atoms with Crippen molar-refractivity contribution >= 4 is 5.91 Å². The molecule has 122 valence electrons. The monoisotopic (exact) mass is 313 g/mol. The summed E-state index contributed by atoms with van der Waals surface area (Å²) in [7, 11) is 1.67. The molecule has 1 aliphatic heterocycles. The van der Waals surface area contributed by atoms with E-state index < -0.39 is 0 Å². The van der Waals surface area contributed by atoms with E-state index in [1.54, 1.807) is 13.3 Å². The van der Waals surface area contributed by atoms with Gasteiger partial charge in [-0.15, -0.1) is 0 Å². The Labute approximate surface area is 136 Å². The molecule has 3 rings (SSSR count). The first kappa shape index (κ1) is 15.7. The van der Waals surface area contributed by atoms with Gasteiger partial charge in [0.05, 0.1) is 12.9 Å². The SMILES string of the molecule is COCCN1CC(Cc2ccc(Cn3ccnc3)cc2)CC1=O. The van der Waals surface area contributed by atoms with Crippen LogP contribution in [-0.2, 0) is 22.5 Å². The smallest absolute Gasteiger partial charge is 0.223 e. The first-order chi connectivity index (χ1) is 11.2. The fourth-order valence-electron chi connectivity index (χ4n) is 3.11. The Morgan fingerprint density at radius 1 is 1.26 bits per heavy atom. The van der Waals surface area contributed by atoms with Crippen LogP contribution >= 0.6 is 0 Å². The highest BCUT2D eigenvalue weighted by atomic mass is 16.5. The molecule has 1 saturated heterocycles. The molecule has 0 N–H and O–H groups in total. The number of hydrogen-bond donors (Lipinski definition) is 0. The Kier molecular flexibility index (Phi) is 5.08. The second-order valence-electron chi connectivity index (χ2n) is 6.16. The quantitative estimate of drug-likeness (QED) is 0.785. The molecule has 1 atom stereocenters. The zero-order valence-electron chi connectivity index (χ0n) is 13.5. The molecule has 0 aliphatic carbocycles. The average molecular weight is 313 g/mol. The minimum Gasteiger partial charge on any atom is -0.383 e. The molecule has 5 nitrogen and oxygen atoms in total. The van der Waals surface area contributed by atoms with Crippen LogP contribution in [0.3, 0.4) is 0 Å². The van der Waals surface area contributed by atoms with E-state index in [4.69, 9.17) is 4.74 Å². The number of amides is 1. The number of hydrogen-bond acceptors (Lipinski definition) is 3. The van der Waals surface area contributed by atoms with E-state index in [1.807, 2.05) is 17.4 Å². The zero-order chi connectivity index (χ0) is 16.1. The van der Waals surface area contributed by atoms with Crippen molar-refractivity contribution in [2.24, 2.45) is 5.92 Å². The Morgan fingerprint density at radius 2 is 2.04 bits per heavy atom. The van der Waals surface area contributed by atoms with E-state index >= 15 is 0 Å². The molecule has 5 heteroatoms. The summed E-state index contributed by atoms with van der Waals surface area (Å²) in [6.45, 7) is 3.00. The first-order valence-corrected chi connectivity index (χ1v) is 8.05. The Bertz CT molecular complexity index is 622. The van der Waals surface area contributed by atoms with Crippen molar-refractivity contribution in [2.45, 2.75) is 19.4 Å². The van der Waals surface area contributed by atoms with Gasteiger partial charge in [-0.05, 0) is 23.5 Å². The molecule has 1 fully saturated rings. The van der Waals surface area contributed by atoms with Crippen LogP contribution in [0.2, 0.25) is 0 Å². The Morgan fingerprint density at radius 3 is 2.74 bits per heavy atom. The minimum absolute atomic E-state index is 0.253. The molecule has 0 saturated carbocycles. The molecule has 23 heavy (non-hydrogen) atoms. The maximum Gasteiger partial charge on any atom is 0.223 e. The number of aromatic nitrogens is 2. The Hall–Kier alpha value is -2.14. The summed E-state index contributed by atoms with van der Waals surface area (Å²) in [5, 5.41) is 0. The molecule has 0 spiro atoms. The van der Waals surface area contributed by atoms with E-state index in [2.05, 4.69) is 33.8 Å². The van der Waals surface area contributed by atoms with Gasteiger partial charge >= 0.3 is 0 Å². The standard InChI is InChI=1S/C18H23N3O2/c1-23-9-8-21-13-17(11-18(21)22)10-15-2-4-16(5-3-15)12-20-7-6-19-14-20/h2-7,14,17H,8-13H2,1H3. The number of ether oxygens (including phenoxy) is 1. The van der Waals surface area contributed by atoms with Crippen LogP contribution in [-0.4, -0.2) is 47.2 Å². The number of likely N-dealkylation sites (tertiary alicyclic amines) is 1. The van der Waals surface area contributed by atoms with Crippen molar-refractivity contribution in [3.63, 3.8) is 0 Å². The van der Waals surface area contributed by atoms with Crippen molar-refractivity contribution < 1.29 is 9.53 Å². The van der Waals surface area contributed by atoms with Crippen LogP contribution in [0.1, 0.15) is 17.5 Å². The summed E-state index contributed by atoms with van der Waals surface area (Å²) in [5.74, 6) is 0.669. The molecule has 1 amide bonds. The van der Waals surface area contributed by atoms with E-state index in [9.17, 15) is 4.79 Å². The molecule has 1 aromatic carbocycles. The number of nitrogens with zero attached hydrogens (tertiary/aromatic N) is 3. The van der Waals surface area contributed by atoms with E-state index in [0.29, 0.717) is 25.5 Å². The third-order valence-corrected chi connectivity index (χ3v) is 4.33. The fraction of sp³-hybridized carbons (Fsp3) is 0.444. The maximum absolute atomic E-state index is 12.0. The highest BCUT2D eigenvalue weighted by Crippen LogP contribution is 2.22. The maximum atomic E-state index is 12.0. The summed E-state index contributed by atoms with van der Waals surface area (Å²) >= 11 is 0. The highest BCUT2D eigenvalue weighted by molar-refractivity contribution is 5.78. The number of rotatable bonds is 7. The summed E-state index contributed by atoms with van der Waals surface area (Å²) in [6.07, 6.45) is 7.20. The van der Waals surface area contributed by atoms with Crippen LogP contribution in [0.25, 0.3) is 0 Å². The fourth-order valence-corrected chi connectivity index (χ4v) is 3.11. The van der Waals surface area contributed by atoms with Crippen molar-refractivity contribution in [2.75, 3.05) is 26.8 Å². The summed E-state index contributed by atoms with van der Waals surface area (Å²) in [6, 6.07) is 8.67. The lowest BCUT2D eigenvalue weighted by Crippen LogP contribution is -2.28. The zero-order valence-corrected chi connectivity index (χ0v) is 13.5. The number of imidazole rings is 1. The van der Waals surface area contributed by atoms with E-state index in [1.165, 1.54) is 11.1 Å². The number of carbonyl (C=O) groups is 1. The molecule has 2 heterocycles. The van der Waals surface area contributed by atoms with Gasteiger partial charge in [0.25, 0.3) is 0 Å². The van der Waals surface area contributed by atoms with Crippen molar-refractivity contribution in [3.05, 3.63) is 54.1 Å². The van der Waals surface area contributed by atoms with Crippen LogP contribution in [0.15, 0.2) is 43.0 Å². The van der Waals surface area contributed by atoms with E-state index in [-0.39, 0.29) is 5.91 Å². The molecule has 2 aromatic rings. The lowest BCUT2D eigenvalue weighted by atomic mass is 9.98. The molecule has 1 aromatic heterocycles. The molecule has 1 unspecified atom stereocenters. The molecule has 0 bridgehead atoms. The third-order valence-electron chi connectivity index (χ3n) is 4.33. The van der Waals surface area contributed by atoms with Gasteiger partial charge in [-0.25, -0.2) is 4.98 Å². The van der Waals surface area contributed by atoms with Crippen LogP contribution in [0.4, 0.5) is 0 Å². The van der Waals surface area contributed by atoms with Gasteiger partial charge in [-0.1, -0.05) is 24.3 Å². The normalized spacial score (nSPS) is 17.9. The van der Waals surface area contributed by atoms with Crippen LogP contribution in [0.5, 0.6) is 0 Å². The van der Waals surface area contributed by atoms with E-state index in [0.717, 1.165) is 19.5 Å². The lowest BCUT2D eigenvalue weighted by Gasteiger charge is -2.16. The Balaban J connectivity index is 1.53. The minimum atomic E-state index is 0.253. The van der Waals surface area contributed by atoms with Gasteiger partial charge in [0.2, 0.25) is 5.91 Å². The summed E-state index contributed by atoms with van der Waals surface area (Å²) < 4.78 is 7.12. The second-order valence-corrected chi connectivity index (χ2v) is 6.16. The van der Waals surface area contributed by atoms with Crippen molar-refractivity contribution in [1.82, 2.24) is 14.5 Å². The van der Waals surface area contributed by atoms with Crippen molar-refractivity contribution in [3.8, 4) is 0 Å². The molecular weight excluding hydrogens is 290 g/mol. The summed E-state index contributed by atoms with van der Waals surface area (Å²) in [5.41, 5.74) is 2.56. The number of methoxy groups -OCH3 is 1. The van der Waals surface area contributed by atoms with Gasteiger partial charge in [0.1, 0.15) is 0 Å². The second kappa shape index (κ2) is 7.42. The summed E-state index contributed by atoms with van der Waals surface area (Å²) in [4.78, 5) is 17.9. The number of carbonyl (C=O) groups excluding carboxylic acids is 1. The number of benzene rings is 1. The van der Waals surface area contributed by atoms with Gasteiger partial charge in [-0.2, -0.15) is 0 Å². The molecule has 1 aliphatic rings. The van der Waals surface area contributed by atoms with Crippen LogP contribution < -0.4 is 0 Å². The lowest BCUT2D eigenvalue weighted by molar-refractivity contribution is -0.128. The van der Waals surface area contributed by atoms with Gasteiger partial charge in [-0.3, -0.25) is 4.79 Å². The van der Waals surface area contributed by atoms with Crippen molar-refractivity contribution in [1.29, 1.82) is 0 Å². The predicted octanol–water partition coefficient (Wildman–Crippen LogP) is 1.97. The third kappa shape index (κ3) is 4.20. The van der Waals surface area contributed by atoms with Gasteiger partial charge in [0.15, 0.2) is 0 Å². The van der Waals surface area contributed by atoms with Gasteiger partial charge < -0.3 is 14.2 Å². The highest BCUT2D eigenvalue weighted by Gasteiger charge is 2.28. The molecular formula is C18H23N3O2. The largest absolute Gasteiger partial charge is 0.383 e. The van der Waals surface area contributed by atoms with Gasteiger partial charge in [0, 0.05) is 45.6 Å². The topological polar surface area (TPSA) is 47.4 Å². The van der Waals surface area contributed by atoms with Crippen LogP contribution in [0, 0.1) is 5.92 Å². The predicted molar refractivity (Wildman–Crippen MR) is 88.0 cm³/mol.